The molecule has 0 bridgehead atoms. The number of nitrogens with one attached hydrogen (secondary N) is 3. The van der Waals surface area contributed by atoms with Gasteiger partial charge in [0.05, 0.1) is 5.52 Å². The Hall–Kier alpha value is -3.81. The number of aromatic nitrogens is 2. The van der Waals surface area contributed by atoms with Crippen LogP contribution in [0.1, 0.15) is 0 Å². The Morgan fingerprint density at radius 2 is 2.04 bits per heavy atom. The van der Waals surface area contributed by atoms with Crippen molar-refractivity contribution in [1.82, 2.24) is 20.2 Å². The van der Waals surface area contributed by atoms with Crippen LogP contribution in [-0.2, 0) is 0 Å². The number of pyridine rings is 1. The normalized spacial score (nSPS) is 10.3. The van der Waals surface area contributed by atoms with Crippen LogP contribution in [0.5, 0.6) is 11.5 Å². The van der Waals surface area contributed by atoms with Crippen molar-refractivity contribution in [2.45, 2.75) is 0 Å². The molecule has 0 saturated carbocycles. The lowest BCUT2D eigenvalue weighted by molar-refractivity contribution is 0.245. The molecule has 27 heavy (non-hydrogen) atoms. The molecular weight excluding hydrogens is 346 g/mol. The molecule has 138 valence electrons. The van der Waals surface area contributed by atoms with Crippen LogP contribution >= 0.6 is 0 Å². The van der Waals surface area contributed by atoms with Crippen LogP contribution in [-0.4, -0.2) is 35.2 Å². The van der Waals surface area contributed by atoms with Crippen molar-refractivity contribution in [2.24, 2.45) is 0 Å². The topological polar surface area (TPSA) is 97.3 Å². The summed E-state index contributed by atoms with van der Waals surface area (Å²) in [5.41, 5.74) is 0.776. The maximum absolute atomic E-state index is 11.8. The average Bonchev–Trinajstić information content (AvgIpc) is 3.09. The molecule has 0 spiro atoms. The van der Waals surface area contributed by atoms with Crippen molar-refractivity contribution in [3.05, 3.63) is 61.4 Å². The lowest BCUT2D eigenvalue weighted by Gasteiger charge is -2.09. The number of benzene rings is 1. The molecule has 2 aromatic heterocycles. The molecule has 0 fully saturated rings. The second-order valence-corrected chi connectivity index (χ2v) is 5.56. The lowest BCUT2D eigenvalue weighted by atomic mass is 10.2. The molecule has 0 radical (unpaired) electrons. The standard InChI is InChI=1S/C19H19N5O3/c1-3-8-22-18(25)23-17-12-15(6-9-21-17)27-14-4-5-16-13(11-14)7-10-24(16)19(26)20-2/h3-7,9-12H,1,8H2,2H3,(H,20,26)(H2,21,22,23,25). The molecule has 8 nitrogen and oxygen atoms in total. The first-order valence-corrected chi connectivity index (χ1v) is 8.23. The maximum Gasteiger partial charge on any atom is 0.325 e. The van der Waals surface area contributed by atoms with Crippen molar-refractivity contribution in [3.63, 3.8) is 0 Å². The van der Waals surface area contributed by atoms with E-state index in [1.165, 1.54) is 4.57 Å². The number of rotatable bonds is 5. The van der Waals surface area contributed by atoms with Gasteiger partial charge in [0.15, 0.2) is 0 Å². The number of amides is 3. The number of anilines is 1. The number of urea groups is 1. The summed E-state index contributed by atoms with van der Waals surface area (Å²) in [5.74, 6) is 1.49. The third kappa shape index (κ3) is 4.24. The number of hydrogen-bond donors (Lipinski definition) is 3. The van der Waals surface area contributed by atoms with Crippen LogP contribution < -0.4 is 20.7 Å². The van der Waals surface area contributed by atoms with Gasteiger partial charge in [-0.05, 0) is 30.3 Å². The molecule has 8 heteroatoms. The van der Waals surface area contributed by atoms with E-state index in [-0.39, 0.29) is 12.1 Å². The van der Waals surface area contributed by atoms with Gasteiger partial charge in [0.25, 0.3) is 0 Å². The Balaban J connectivity index is 1.75. The summed E-state index contributed by atoms with van der Waals surface area (Å²) in [6.45, 7) is 3.90. The molecular formula is C19H19N5O3. The molecule has 2 heterocycles. The van der Waals surface area contributed by atoms with Crippen molar-refractivity contribution in [3.8, 4) is 11.5 Å². The van der Waals surface area contributed by atoms with Gasteiger partial charge in [-0.25, -0.2) is 14.6 Å². The van der Waals surface area contributed by atoms with Crippen LogP contribution in [0.3, 0.4) is 0 Å². The highest BCUT2D eigenvalue weighted by Gasteiger charge is 2.09. The van der Waals surface area contributed by atoms with Gasteiger partial charge in [0, 0.05) is 37.4 Å². The van der Waals surface area contributed by atoms with Gasteiger partial charge in [-0.3, -0.25) is 9.88 Å². The van der Waals surface area contributed by atoms with Crippen LogP contribution in [0.2, 0.25) is 0 Å². The van der Waals surface area contributed by atoms with Crippen LogP contribution in [0, 0.1) is 0 Å². The number of ether oxygens (including phenoxy) is 1. The zero-order valence-electron chi connectivity index (χ0n) is 14.7. The van der Waals surface area contributed by atoms with Crippen molar-refractivity contribution < 1.29 is 14.3 Å². The molecule has 0 aliphatic carbocycles. The smallest absolute Gasteiger partial charge is 0.325 e. The van der Waals surface area contributed by atoms with Crippen molar-refractivity contribution in [1.29, 1.82) is 0 Å². The fraction of sp³-hybridized carbons (Fsp3) is 0.105. The third-order valence-corrected chi connectivity index (χ3v) is 3.71. The second kappa shape index (κ2) is 8.05. The minimum absolute atomic E-state index is 0.210. The van der Waals surface area contributed by atoms with E-state index in [2.05, 4.69) is 27.5 Å². The molecule has 1 aromatic carbocycles. The summed E-state index contributed by atoms with van der Waals surface area (Å²) in [7, 11) is 1.58. The quantitative estimate of drug-likeness (QED) is 0.604. The first-order valence-electron chi connectivity index (χ1n) is 8.23. The first kappa shape index (κ1) is 18.0. The molecule has 3 aromatic rings. The fourth-order valence-electron chi connectivity index (χ4n) is 2.49. The Kier molecular flexibility index (Phi) is 5.36. The Morgan fingerprint density at radius 3 is 2.81 bits per heavy atom. The Labute approximate surface area is 155 Å². The molecule has 0 aliphatic rings. The first-order chi connectivity index (χ1) is 13.1. The summed E-state index contributed by atoms with van der Waals surface area (Å²) in [5, 5.41) is 8.68. The van der Waals surface area contributed by atoms with Gasteiger partial charge in [-0.2, -0.15) is 0 Å². The molecule has 3 amide bonds. The maximum atomic E-state index is 11.8. The van der Waals surface area contributed by atoms with Gasteiger partial charge in [0.1, 0.15) is 17.3 Å². The summed E-state index contributed by atoms with van der Waals surface area (Å²) in [6, 6.07) is 9.96. The van der Waals surface area contributed by atoms with Gasteiger partial charge in [-0.15, -0.1) is 6.58 Å². The fourth-order valence-corrected chi connectivity index (χ4v) is 2.49. The van der Waals surface area contributed by atoms with Gasteiger partial charge in [-0.1, -0.05) is 6.08 Å². The van der Waals surface area contributed by atoms with Crippen LogP contribution in [0.15, 0.2) is 61.4 Å². The summed E-state index contributed by atoms with van der Waals surface area (Å²) >= 11 is 0. The largest absolute Gasteiger partial charge is 0.457 e. The van der Waals surface area contributed by atoms with Crippen LogP contribution in [0.4, 0.5) is 15.4 Å². The monoisotopic (exact) mass is 365 g/mol. The summed E-state index contributed by atoms with van der Waals surface area (Å²) in [4.78, 5) is 27.6. The van der Waals surface area contributed by atoms with E-state index in [0.29, 0.717) is 23.9 Å². The second-order valence-electron chi connectivity index (χ2n) is 5.56. The van der Waals surface area contributed by atoms with E-state index in [9.17, 15) is 9.59 Å². The predicted molar refractivity (Wildman–Crippen MR) is 103 cm³/mol. The van der Waals surface area contributed by atoms with Gasteiger partial charge < -0.3 is 15.4 Å². The van der Waals surface area contributed by atoms with E-state index >= 15 is 0 Å². The molecule has 3 N–H and O–H groups in total. The van der Waals surface area contributed by atoms with E-state index < -0.39 is 0 Å². The summed E-state index contributed by atoms with van der Waals surface area (Å²) < 4.78 is 7.37. The SMILES string of the molecule is C=CCNC(=O)Nc1cc(Oc2ccc3c(ccn3C(=O)NC)c2)ccn1. The third-order valence-electron chi connectivity index (χ3n) is 3.71. The van der Waals surface area contributed by atoms with Gasteiger partial charge in [0.2, 0.25) is 0 Å². The van der Waals surface area contributed by atoms with E-state index in [1.807, 2.05) is 18.2 Å². The van der Waals surface area contributed by atoms with Gasteiger partial charge >= 0.3 is 12.1 Å². The van der Waals surface area contributed by atoms with E-state index in [1.54, 1.807) is 43.7 Å². The summed E-state index contributed by atoms with van der Waals surface area (Å²) in [6.07, 6.45) is 4.82. The number of fused-ring (bicyclic) bond motifs is 1. The molecule has 0 unspecified atom stereocenters. The molecule has 3 rings (SSSR count). The number of nitrogens with zero attached hydrogens (tertiary/aromatic N) is 2. The number of hydrogen-bond acceptors (Lipinski definition) is 4. The van der Waals surface area contributed by atoms with E-state index in [0.717, 1.165) is 10.9 Å². The Morgan fingerprint density at radius 1 is 1.22 bits per heavy atom. The van der Waals surface area contributed by atoms with E-state index in [4.69, 9.17) is 4.74 Å². The van der Waals surface area contributed by atoms with Crippen molar-refractivity contribution >= 4 is 28.8 Å². The highest BCUT2D eigenvalue weighted by molar-refractivity contribution is 5.92. The molecule has 0 aliphatic heterocycles. The minimum Gasteiger partial charge on any atom is -0.457 e. The highest BCUT2D eigenvalue weighted by Crippen LogP contribution is 2.27. The predicted octanol–water partition coefficient (Wildman–Crippen LogP) is 3.32. The number of carbonyl (C=O) groups excluding carboxylic acids is 2. The lowest BCUT2D eigenvalue weighted by Crippen LogP contribution is -2.28. The number of carbonyl (C=O) groups is 2. The zero-order valence-corrected chi connectivity index (χ0v) is 14.7. The highest BCUT2D eigenvalue weighted by atomic mass is 16.5. The average molecular weight is 365 g/mol. The van der Waals surface area contributed by atoms with Crippen LogP contribution in [0.25, 0.3) is 10.9 Å². The molecule has 0 atom stereocenters. The Bertz CT molecular complexity index is 996. The van der Waals surface area contributed by atoms with Crippen molar-refractivity contribution in [2.75, 3.05) is 18.9 Å². The zero-order chi connectivity index (χ0) is 19.2. The minimum atomic E-state index is -0.378. The molecule has 0 saturated heterocycles.